The molecule has 2 nitrogen and oxygen atoms in total. The molecular formula is C11H9BrFNOS. The smallest absolute Gasteiger partial charge is 0.124 e. The molecule has 1 atom stereocenters. The highest BCUT2D eigenvalue weighted by Crippen LogP contribution is 2.36. The maximum absolute atomic E-state index is 13.1. The van der Waals surface area contributed by atoms with Crippen LogP contribution in [0.1, 0.15) is 17.4 Å². The Morgan fingerprint density at radius 1 is 1.50 bits per heavy atom. The third kappa shape index (κ3) is 2.03. The van der Waals surface area contributed by atoms with Crippen LogP contribution < -0.4 is 0 Å². The minimum Gasteiger partial charge on any atom is -0.380 e. The highest BCUT2D eigenvalue weighted by molar-refractivity contribution is 9.10. The van der Waals surface area contributed by atoms with Crippen molar-refractivity contribution in [2.24, 2.45) is 0 Å². The third-order valence-corrected chi connectivity index (χ3v) is 4.25. The van der Waals surface area contributed by atoms with Gasteiger partial charge >= 0.3 is 0 Å². The van der Waals surface area contributed by atoms with Gasteiger partial charge in [0.05, 0.1) is 10.4 Å². The van der Waals surface area contributed by atoms with Gasteiger partial charge in [0, 0.05) is 0 Å². The molecule has 0 radical (unpaired) electrons. The Labute approximate surface area is 105 Å². The number of nitrogens with zero attached hydrogens (tertiary/aromatic N) is 1. The molecule has 16 heavy (non-hydrogen) atoms. The van der Waals surface area contributed by atoms with Crippen molar-refractivity contribution in [3.63, 3.8) is 0 Å². The summed E-state index contributed by atoms with van der Waals surface area (Å²) in [6.07, 6.45) is 0. The van der Waals surface area contributed by atoms with E-state index in [4.69, 9.17) is 0 Å². The maximum atomic E-state index is 13.1. The van der Waals surface area contributed by atoms with Crippen LogP contribution in [0.4, 0.5) is 4.39 Å². The average Bonchev–Trinajstić information content (AvgIpc) is 2.65. The molecule has 0 aliphatic rings. The highest BCUT2D eigenvalue weighted by Gasteiger charge is 2.30. The normalized spacial score (nSPS) is 14.8. The summed E-state index contributed by atoms with van der Waals surface area (Å²) in [7, 11) is 0. The third-order valence-electron chi connectivity index (χ3n) is 2.35. The Balaban J connectivity index is 2.51. The van der Waals surface area contributed by atoms with Crippen molar-refractivity contribution < 1.29 is 9.50 Å². The summed E-state index contributed by atoms with van der Waals surface area (Å²) >= 11 is 4.59. The van der Waals surface area contributed by atoms with Crippen molar-refractivity contribution in [2.75, 3.05) is 0 Å². The van der Waals surface area contributed by atoms with Gasteiger partial charge in [0.2, 0.25) is 0 Å². The topological polar surface area (TPSA) is 33.1 Å². The Morgan fingerprint density at radius 2 is 2.25 bits per heavy atom. The first kappa shape index (κ1) is 11.7. The van der Waals surface area contributed by atoms with E-state index in [1.807, 2.05) is 0 Å². The Bertz CT molecular complexity index is 512. The molecule has 2 rings (SSSR count). The van der Waals surface area contributed by atoms with E-state index < -0.39 is 5.60 Å². The fourth-order valence-electron chi connectivity index (χ4n) is 1.47. The molecule has 0 aliphatic heterocycles. The second kappa shape index (κ2) is 4.24. The molecule has 5 heteroatoms. The van der Waals surface area contributed by atoms with Gasteiger partial charge in [0.1, 0.15) is 16.0 Å². The van der Waals surface area contributed by atoms with Crippen LogP contribution in [0.3, 0.4) is 0 Å². The lowest BCUT2D eigenvalue weighted by Gasteiger charge is -2.22. The molecule has 0 saturated heterocycles. The molecule has 0 spiro atoms. The molecule has 0 bridgehead atoms. The molecule has 0 saturated carbocycles. The van der Waals surface area contributed by atoms with Gasteiger partial charge in [-0.3, -0.25) is 0 Å². The van der Waals surface area contributed by atoms with E-state index in [1.165, 1.54) is 23.5 Å². The summed E-state index contributed by atoms with van der Waals surface area (Å²) in [4.78, 5) is 4.68. The molecule has 1 aromatic heterocycles. The minimum absolute atomic E-state index is 0.363. The summed E-state index contributed by atoms with van der Waals surface area (Å²) in [5, 5.41) is 10.4. The van der Waals surface area contributed by atoms with Gasteiger partial charge in [-0.2, -0.15) is 0 Å². The van der Waals surface area contributed by atoms with Crippen molar-refractivity contribution in [1.29, 1.82) is 0 Å². The van der Waals surface area contributed by atoms with Crippen LogP contribution in [-0.4, -0.2) is 10.1 Å². The Hall–Kier alpha value is -0.780. The van der Waals surface area contributed by atoms with Crippen molar-refractivity contribution >= 4 is 27.3 Å². The SMILES string of the molecule is CC(O)(c1cccc(F)c1)c1scnc1Br. The number of aliphatic hydroxyl groups is 1. The van der Waals surface area contributed by atoms with Crippen LogP contribution in [0, 0.1) is 5.82 Å². The predicted molar refractivity (Wildman–Crippen MR) is 64.9 cm³/mol. The summed E-state index contributed by atoms with van der Waals surface area (Å²) in [5.41, 5.74) is 0.910. The second-order valence-electron chi connectivity index (χ2n) is 3.55. The first-order valence-electron chi connectivity index (χ1n) is 4.59. The fraction of sp³-hybridized carbons (Fsp3) is 0.182. The van der Waals surface area contributed by atoms with Gasteiger partial charge in [-0.15, -0.1) is 11.3 Å². The lowest BCUT2D eigenvalue weighted by molar-refractivity contribution is 0.105. The molecule has 0 amide bonds. The van der Waals surface area contributed by atoms with E-state index in [1.54, 1.807) is 24.6 Å². The molecular weight excluding hydrogens is 293 g/mol. The summed E-state index contributed by atoms with van der Waals surface area (Å²) in [5.74, 6) is -0.363. The zero-order valence-corrected chi connectivity index (χ0v) is 10.8. The lowest BCUT2D eigenvalue weighted by Crippen LogP contribution is -2.22. The van der Waals surface area contributed by atoms with E-state index in [0.29, 0.717) is 15.0 Å². The first-order chi connectivity index (χ1) is 7.51. The van der Waals surface area contributed by atoms with Gasteiger partial charge < -0.3 is 5.11 Å². The number of aromatic nitrogens is 1. The van der Waals surface area contributed by atoms with Crippen LogP contribution in [0.15, 0.2) is 34.4 Å². The lowest BCUT2D eigenvalue weighted by atomic mass is 9.95. The quantitative estimate of drug-likeness (QED) is 0.923. The molecule has 1 unspecified atom stereocenters. The van der Waals surface area contributed by atoms with Gasteiger partial charge in [-0.1, -0.05) is 12.1 Å². The average molecular weight is 302 g/mol. The molecule has 0 fully saturated rings. The van der Waals surface area contributed by atoms with E-state index in [2.05, 4.69) is 20.9 Å². The van der Waals surface area contributed by atoms with E-state index in [-0.39, 0.29) is 5.82 Å². The highest BCUT2D eigenvalue weighted by atomic mass is 79.9. The fourth-order valence-corrected chi connectivity index (χ4v) is 3.14. The maximum Gasteiger partial charge on any atom is 0.124 e. The van der Waals surface area contributed by atoms with Gasteiger partial charge in [-0.05, 0) is 40.5 Å². The standard InChI is InChI=1S/C11H9BrFNOS/c1-11(15,9-10(12)14-6-16-9)7-3-2-4-8(13)5-7/h2-6,15H,1H3. The largest absolute Gasteiger partial charge is 0.380 e. The first-order valence-corrected chi connectivity index (χ1v) is 6.27. The van der Waals surface area contributed by atoms with E-state index in [0.717, 1.165) is 0 Å². The van der Waals surface area contributed by atoms with Crippen LogP contribution in [0.2, 0.25) is 0 Å². The molecule has 1 aromatic carbocycles. The number of hydrogen-bond donors (Lipinski definition) is 1. The van der Waals surface area contributed by atoms with Crippen molar-refractivity contribution in [1.82, 2.24) is 4.98 Å². The van der Waals surface area contributed by atoms with E-state index in [9.17, 15) is 9.50 Å². The summed E-state index contributed by atoms with van der Waals surface area (Å²) in [6.45, 7) is 1.63. The number of benzene rings is 1. The van der Waals surface area contributed by atoms with Crippen LogP contribution in [0.25, 0.3) is 0 Å². The van der Waals surface area contributed by atoms with Crippen molar-refractivity contribution in [3.05, 3.63) is 50.6 Å². The minimum atomic E-state index is -1.23. The summed E-state index contributed by atoms with van der Waals surface area (Å²) < 4.78 is 13.7. The zero-order valence-electron chi connectivity index (χ0n) is 8.45. The summed E-state index contributed by atoms with van der Waals surface area (Å²) in [6, 6.07) is 5.94. The molecule has 0 aliphatic carbocycles. The number of hydrogen-bond acceptors (Lipinski definition) is 3. The monoisotopic (exact) mass is 301 g/mol. The molecule has 2 aromatic rings. The number of rotatable bonds is 2. The Morgan fingerprint density at radius 3 is 2.81 bits per heavy atom. The number of halogens is 2. The van der Waals surface area contributed by atoms with Gasteiger partial charge in [-0.25, -0.2) is 9.37 Å². The van der Waals surface area contributed by atoms with Crippen LogP contribution in [0.5, 0.6) is 0 Å². The van der Waals surface area contributed by atoms with Crippen molar-refractivity contribution in [2.45, 2.75) is 12.5 Å². The second-order valence-corrected chi connectivity index (χ2v) is 5.16. The molecule has 1 N–H and O–H groups in total. The molecule has 1 heterocycles. The van der Waals surface area contributed by atoms with Crippen LogP contribution in [-0.2, 0) is 5.60 Å². The van der Waals surface area contributed by atoms with Gasteiger partial charge in [0.15, 0.2) is 0 Å². The van der Waals surface area contributed by atoms with Crippen LogP contribution >= 0.6 is 27.3 Å². The zero-order chi connectivity index (χ0) is 11.8. The Kier molecular flexibility index (Phi) is 3.10. The van der Waals surface area contributed by atoms with E-state index >= 15 is 0 Å². The predicted octanol–water partition coefficient (Wildman–Crippen LogP) is 3.30. The number of thiazole rings is 1. The van der Waals surface area contributed by atoms with Crippen molar-refractivity contribution in [3.8, 4) is 0 Å². The molecule has 84 valence electrons. The van der Waals surface area contributed by atoms with Gasteiger partial charge in [0.25, 0.3) is 0 Å².